The zero-order valence-electron chi connectivity index (χ0n) is 13.5. The van der Waals surface area contributed by atoms with Crippen molar-refractivity contribution in [3.63, 3.8) is 0 Å². The highest BCUT2D eigenvalue weighted by Crippen LogP contribution is 2.34. The van der Waals surface area contributed by atoms with Crippen molar-refractivity contribution in [3.8, 4) is 0 Å². The minimum atomic E-state index is 0.0499. The van der Waals surface area contributed by atoms with E-state index in [1.54, 1.807) is 11.8 Å². The van der Waals surface area contributed by atoms with Crippen molar-refractivity contribution in [2.75, 3.05) is 36.8 Å². The fourth-order valence-electron chi connectivity index (χ4n) is 3.13. The summed E-state index contributed by atoms with van der Waals surface area (Å²) in [5.74, 6) is 1.05. The fraction of sp³-hybridized carbons (Fsp3) is 0.529. The van der Waals surface area contributed by atoms with Gasteiger partial charge in [-0.3, -0.25) is 9.59 Å². The topological polar surface area (TPSA) is 52.7 Å². The van der Waals surface area contributed by atoms with E-state index >= 15 is 0 Å². The molecule has 1 N–H and O–H groups in total. The van der Waals surface area contributed by atoms with Gasteiger partial charge in [0.2, 0.25) is 11.8 Å². The summed E-state index contributed by atoms with van der Waals surface area (Å²) in [4.78, 5) is 29.8. The maximum atomic E-state index is 12.6. The minimum Gasteiger partial charge on any atom is -0.337 e. The Labute approximate surface area is 141 Å². The molecule has 2 aliphatic heterocycles. The molecule has 1 aromatic rings. The van der Waals surface area contributed by atoms with Crippen molar-refractivity contribution in [1.29, 1.82) is 0 Å². The Morgan fingerprint density at radius 2 is 2.00 bits per heavy atom. The van der Waals surface area contributed by atoms with Crippen LogP contribution in [0.2, 0.25) is 0 Å². The van der Waals surface area contributed by atoms with Crippen molar-refractivity contribution in [2.24, 2.45) is 0 Å². The largest absolute Gasteiger partial charge is 0.337 e. The number of hydrogen-bond acceptors (Lipinski definition) is 4. The first kappa shape index (κ1) is 16.3. The summed E-state index contributed by atoms with van der Waals surface area (Å²) in [6, 6.07) is 8.19. The van der Waals surface area contributed by atoms with Gasteiger partial charge >= 0.3 is 0 Å². The fourth-order valence-corrected chi connectivity index (χ4v) is 4.13. The van der Waals surface area contributed by atoms with Gasteiger partial charge in [-0.25, -0.2) is 0 Å². The third kappa shape index (κ3) is 3.70. The first-order chi connectivity index (χ1) is 11.2. The highest BCUT2D eigenvalue weighted by Gasteiger charge is 2.26. The number of nitrogens with one attached hydrogen (secondary N) is 1. The van der Waals surface area contributed by atoms with Crippen molar-refractivity contribution in [1.82, 2.24) is 10.2 Å². The Kier molecular flexibility index (Phi) is 5.23. The molecule has 124 valence electrons. The lowest BCUT2D eigenvalue weighted by atomic mass is 10.1. The number of piperazine rings is 1. The molecule has 0 aromatic heterocycles. The van der Waals surface area contributed by atoms with E-state index in [9.17, 15) is 9.59 Å². The van der Waals surface area contributed by atoms with Crippen LogP contribution in [0.15, 0.2) is 29.2 Å². The number of benzene rings is 1. The molecule has 0 unspecified atom stereocenters. The number of anilines is 1. The second kappa shape index (κ2) is 7.36. The third-order valence-electron chi connectivity index (χ3n) is 4.40. The number of fused-ring (bicyclic) bond motifs is 1. The smallest absolute Gasteiger partial charge is 0.227 e. The van der Waals surface area contributed by atoms with Gasteiger partial charge in [-0.15, -0.1) is 11.8 Å². The van der Waals surface area contributed by atoms with Crippen LogP contribution in [-0.4, -0.2) is 54.7 Å². The number of para-hydroxylation sites is 1. The lowest BCUT2D eigenvalue weighted by Gasteiger charge is -2.34. The Bertz CT molecular complexity index is 593. The number of hydrogen-bond donors (Lipinski definition) is 1. The average molecular weight is 333 g/mol. The molecule has 0 aliphatic carbocycles. The van der Waals surface area contributed by atoms with Crippen molar-refractivity contribution in [2.45, 2.75) is 30.7 Å². The summed E-state index contributed by atoms with van der Waals surface area (Å²) in [6.45, 7) is 5.16. The van der Waals surface area contributed by atoms with E-state index in [2.05, 4.69) is 5.32 Å². The Morgan fingerprint density at radius 1 is 1.22 bits per heavy atom. The normalized spacial score (nSPS) is 21.0. The first-order valence-corrected chi connectivity index (χ1v) is 9.18. The van der Waals surface area contributed by atoms with E-state index in [0.29, 0.717) is 6.42 Å². The van der Waals surface area contributed by atoms with Gasteiger partial charge in [0.25, 0.3) is 0 Å². The lowest BCUT2D eigenvalue weighted by molar-refractivity contribution is -0.135. The molecular weight excluding hydrogens is 310 g/mol. The zero-order valence-corrected chi connectivity index (χ0v) is 14.3. The molecule has 6 heteroatoms. The predicted octanol–water partition coefficient (Wildman–Crippen LogP) is 1.73. The van der Waals surface area contributed by atoms with Gasteiger partial charge in [-0.1, -0.05) is 12.1 Å². The van der Waals surface area contributed by atoms with E-state index in [-0.39, 0.29) is 24.3 Å². The molecule has 1 fully saturated rings. The van der Waals surface area contributed by atoms with E-state index in [1.807, 2.05) is 41.0 Å². The van der Waals surface area contributed by atoms with Crippen LogP contribution in [0.25, 0.3) is 0 Å². The van der Waals surface area contributed by atoms with Crippen LogP contribution in [0, 0.1) is 0 Å². The molecule has 3 rings (SSSR count). The highest BCUT2D eigenvalue weighted by atomic mass is 32.2. The van der Waals surface area contributed by atoms with Gasteiger partial charge in [0, 0.05) is 55.7 Å². The van der Waals surface area contributed by atoms with Crippen molar-refractivity contribution >= 4 is 29.3 Å². The number of carbonyl (C=O) groups excluding carboxylic acids is 2. The molecule has 2 aliphatic rings. The summed E-state index contributed by atoms with van der Waals surface area (Å²) < 4.78 is 0. The molecule has 23 heavy (non-hydrogen) atoms. The van der Waals surface area contributed by atoms with Crippen molar-refractivity contribution in [3.05, 3.63) is 24.3 Å². The molecule has 0 spiro atoms. The van der Waals surface area contributed by atoms with Crippen LogP contribution in [-0.2, 0) is 9.59 Å². The van der Waals surface area contributed by atoms with Gasteiger partial charge in [-0.05, 0) is 19.1 Å². The van der Waals surface area contributed by atoms with Crippen LogP contribution in [0.3, 0.4) is 0 Å². The van der Waals surface area contributed by atoms with Gasteiger partial charge in [0.05, 0.1) is 5.69 Å². The number of nitrogens with zero attached hydrogens (tertiary/aromatic N) is 2. The zero-order chi connectivity index (χ0) is 16.2. The second-order valence-corrected chi connectivity index (χ2v) is 7.14. The lowest BCUT2D eigenvalue weighted by Crippen LogP contribution is -2.52. The third-order valence-corrected chi connectivity index (χ3v) is 5.45. The Morgan fingerprint density at radius 3 is 2.83 bits per heavy atom. The van der Waals surface area contributed by atoms with Crippen LogP contribution in [0.4, 0.5) is 5.69 Å². The van der Waals surface area contributed by atoms with Gasteiger partial charge in [0.1, 0.15) is 0 Å². The number of carbonyl (C=O) groups is 2. The van der Waals surface area contributed by atoms with E-state index in [1.165, 1.54) is 0 Å². The standard InChI is InChI=1S/C17H23N3O2S/c1-13-12-18-8-9-19(13)16(21)6-7-17(22)20-10-11-23-15-5-3-2-4-14(15)20/h2-5,13,18H,6-12H2,1H3/t13-/m1/s1. The summed E-state index contributed by atoms with van der Waals surface area (Å²) in [5, 5.41) is 3.28. The second-order valence-electron chi connectivity index (χ2n) is 6.00. The van der Waals surface area contributed by atoms with E-state index in [0.717, 1.165) is 42.5 Å². The number of rotatable bonds is 3. The van der Waals surface area contributed by atoms with Crippen molar-refractivity contribution < 1.29 is 9.59 Å². The van der Waals surface area contributed by atoms with Crippen LogP contribution < -0.4 is 10.2 Å². The molecule has 1 atom stereocenters. The van der Waals surface area contributed by atoms with E-state index in [4.69, 9.17) is 0 Å². The minimum absolute atomic E-state index is 0.0499. The molecule has 5 nitrogen and oxygen atoms in total. The van der Waals surface area contributed by atoms with Crippen LogP contribution >= 0.6 is 11.8 Å². The van der Waals surface area contributed by atoms with Gasteiger partial charge in [-0.2, -0.15) is 0 Å². The Hall–Kier alpha value is -1.53. The maximum absolute atomic E-state index is 12.6. The quantitative estimate of drug-likeness (QED) is 0.915. The van der Waals surface area contributed by atoms with Gasteiger partial charge in [0.15, 0.2) is 0 Å². The molecule has 1 saturated heterocycles. The molecular formula is C17H23N3O2S. The Balaban J connectivity index is 1.59. The average Bonchev–Trinajstić information content (AvgIpc) is 2.59. The summed E-state index contributed by atoms with van der Waals surface area (Å²) in [7, 11) is 0. The highest BCUT2D eigenvalue weighted by molar-refractivity contribution is 7.99. The van der Waals surface area contributed by atoms with E-state index < -0.39 is 0 Å². The molecule has 0 radical (unpaired) electrons. The molecule has 1 aromatic carbocycles. The predicted molar refractivity (Wildman–Crippen MR) is 92.8 cm³/mol. The summed E-state index contributed by atoms with van der Waals surface area (Å²) in [5.41, 5.74) is 0.983. The van der Waals surface area contributed by atoms with Crippen LogP contribution in [0.5, 0.6) is 0 Å². The van der Waals surface area contributed by atoms with Gasteiger partial charge < -0.3 is 15.1 Å². The maximum Gasteiger partial charge on any atom is 0.227 e. The molecule has 2 heterocycles. The number of amides is 2. The summed E-state index contributed by atoms with van der Waals surface area (Å²) >= 11 is 1.78. The monoisotopic (exact) mass is 333 g/mol. The molecule has 0 bridgehead atoms. The summed E-state index contributed by atoms with van der Waals surface area (Å²) in [6.07, 6.45) is 0.587. The molecule has 0 saturated carbocycles. The van der Waals surface area contributed by atoms with Crippen LogP contribution in [0.1, 0.15) is 19.8 Å². The SMILES string of the molecule is C[C@@H]1CNCCN1C(=O)CCC(=O)N1CCSc2ccccc21. The molecule has 2 amide bonds. The number of thioether (sulfide) groups is 1. The first-order valence-electron chi connectivity index (χ1n) is 8.19.